The first-order valence-electron chi connectivity index (χ1n) is 7.77. The Labute approximate surface area is 124 Å². The maximum atomic E-state index is 4.64. The largest absolute Gasteiger partial charge is 0.359 e. The van der Waals surface area contributed by atoms with Crippen LogP contribution in [0, 0.1) is 18.8 Å². The topological polar surface area (TPSA) is 28.2 Å². The number of aryl methyl sites for hydroxylation is 1. The van der Waals surface area contributed by atoms with E-state index in [1.165, 1.54) is 17.5 Å². The van der Waals surface area contributed by atoms with Crippen LogP contribution < -0.4 is 10.2 Å². The van der Waals surface area contributed by atoms with Crippen LogP contribution in [0.5, 0.6) is 0 Å². The number of nitrogens with zero attached hydrogens (tertiary/aromatic N) is 2. The Hall–Kier alpha value is -1.09. The molecule has 114 valence electrons. The molecule has 0 fully saturated rings. The summed E-state index contributed by atoms with van der Waals surface area (Å²) >= 11 is 0. The first kappa shape index (κ1) is 17.0. The van der Waals surface area contributed by atoms with Crippen LogP contribution in [0.4, 0.5) is 5.82 Å². The molecule has 0 saturated heterocycles. The molecule has 0 aliphatic carbocycles. The molecule has 3 nitrogen and oxygen atoms in total. The lowest BCUT2D eigenvalue weighted by atomic mass is 10.1. The highest BCUT2D eigenvalue weighted by atomic mass is 15.2. The van der Waals surface area contributed by atoms with E-state index in [0.717, 1.165) is 31.4 Å². The van der Waals surface area contributed by atoms with Gasteiger partial charge in [0, 0.05) is 26.3 Å². The maximum Gasteiger partial charge on any atom is 0.131 e. The highest BCUT2D eigenvalue weighted by Crippen LogP contribution is 2.17. The van der Waals surface area contributed by atoms with Crippen molar-refractivity contribution >= 4 is 5.82 Å². The smallest absolute Gasteiger partial charge is 0.131 e. The minimum Gasteiger partial charge on any atom is -0.359 e. The molecule has 0 bridgehead atoms. The average molecular weight is 277 g/mol. The van der Waals surface area contributed by atoms with Crippen molar-refractivity contribution in [1.82, 2.24) is 10.3 Å². The van der Waals surface area contributed by atoms with E-state index in [4.69, 9.17) is 0 Å². The van der Waals surface area contributed by atoms with Gasteiger partial charge in [-0.1, -0.05) is 27.7 Å². The van der Waals surface area contributed by atoms with E-state index in [-0.39, 0.29) is 0 Å². The molecule has 0 atom stereocenters. The van der Waals surface area contributed by atoms with Gasteiger partial charge < -0.3 is 10.2 Å². The SMILES string of the molecule is Cc1cc(CNCC(C)C)cnc1N(C)CCC(C)C. The van der Waals surface area contributed by atoms with Crippen LogP contribution in [0.25, 0.3) is 0 Å². The zero-order valence-electron chi connectivity index (χ0n) is 14.0. The highest BCUT2D eigenvalue weighted by molar-refractivity contribution is 5.46. The number of nitrogens with one attached hydrogen (secondary N) is 1. The molecule has 0 aliphatic heterocycles. The molecule has 1 aromatic heterocycles. The molecule has 1 rings (SSSR count). The van der Waals surface area contributed by atoms with Crippen LogP contribution in [0.3, 0.4) is 0 Å². The van der Waals surface area contributed by atoms with Crippen molar-refractivity contribution in [3.63, 3.8) is 0 Å². The van der Waals surface area contributed by atoms with E-state index in [2.05, 4.69) is 62.9 Å². The number of hydrogen-bond donors (Lipinski definition) is 1. The fourth-order valence-electron chi connectivity index (χ4n) is 2.19. The monoisotopic (exact) mass is 277 g/mol. The molecule has 0 amide bonds. The number of rotatable bonds is 8. The fourth-order valence-corrected chi connectivity index (χ4v) is 2.19. The molecule has 20 heavy (non-hydrogen) atoms. The van der Waals surface area contributed by atoms with Gasteiger partial charge in [0.25, 0.3) is 0 Å². The molecule has 0 aliphatic rings. The summed E-state index contributed by atoms with van der Waals surface area (Å²) in [6.45, 7) is 14.1. The summed E-state index contributed by atoms with van der Waals surface area (Å²) in [7, 11) is 2.13. The Morgan fingerprint density at radius 1 is 1.20 bits per heavy atom. The number of anilines is 1. The molecule has 0 radical (unpaired) electrons. The van der Waals surface area contributed by atoms with Crippen molar-refractivity contribution < 1.29 is 0 Å². The Morgan fingerprint density at radius 3 is 2.45 bits per heavy atom. The quantitative estimate of drug-likeness (QED) is 0.786. The normalized spacial score (nSPS) is 11.4. The molecular formula is C17H31N3. The second-order valence-electron chi connectivity index (χ2n) is 6.61. The third-order valence-corrected chi connectivity index (χ3v) is 3.39. The van der Waals surface area contributed by atoms with Gasteiger partial charge in [-0.15, -0.1) is 0 Å². The lowest BCUT2D eigenvalue weighted by molar-refractivity contribution is 0.551. The summed E-state index contributed by atoms with van der Waals surface area (Å²) in [5.74, 6) is 2.53. The zero-order chi connectivity index (χ0) is 15.1. The van der Waals surface area contributed by atoms with E-state index in [1.54, 1.807) is 0 Å². The molecule has 1 heterocycles. The Morgan fingerprint density at radius 2 is 1.90 bits per heavy atom. The molecule has 0 saturated carbocycles. The van der Waals surface area contributed by atoms with Gasteiger partial charge in [0.1, 0.15) is 5.82 Å². The van der Waals surface area contributed by atoms with Crippen LogP contribution in [0.1, 0.15) is 45.2 Å². The Kier molecular flexibility index (Phi) is 7.00. The van der Waals surface area contributed by atoms with E-state index >= 15 is 0 Å². The predicted octanol–water partition coefficient (Wildman–Crippen LogP) is 3.62. The molecular weight excluding hydrogens is 246 g/mol. The van der Waals surface area contributed by atoms with Gasteiger partial charge in [-0.3, -0.25) is 0 Å². The third-order valence-electron chi connectivity index (χ3n) is 3.39. The lowest BCUT2D eigenvalue weighted by Gasteiger charge is -2.21. The molecule has 3 heteroatoms. The zero-order valence-corrected chi connectivity index (χ0v) is 14.0. The van der Waals surface area contributed by atoms with E-state index < -0.39 is 0 Å². The molecule has 0 aromatic carbocycles. The molecule has 1 N–H and O–H groups in total. The van der Waals surface area contributed by atoms with Crippen molar-refractivity contribution in [1.29, 1.82) is 0 Å². The third kappa shape index (κ3) is 5.91. The summed E-state index contributed by atoms with van der Waals surface area (Å²) in [5.41, 5.74) is 2.53. The minimum atomic E-state index is 0.686. The van der Waals surface area contributed by atoms with Gasteiger partial charge in [-0.05, 0) is 48.9 Å². The van der Waals surface area contributed by atoms with Crippen LogP contribution in [-0.2, 0) is 6.54 Å². The van der Waals surface area contributed by atoms with Crippen molar-refractivity contribution in [3.8, 4) is 0 Å². The van der Waals surface area contributed by atoms with Crippen LogP contribution in [0.2, 0.25) is 0 Å². The van der Waals surface area contributed by atoms with Crippen molar-refractivity contribution in [3.05, 3.63) is 23.4 Å². The summed E-state index contributed by atoms with van der Waals surface area (Å²) < 4.78 is 0. The highest BCUT2D eigenvalue weighted by Gasteiger charge is 2.08. The standard InChI is InChI=1S/C17H31N3/c1-13(2)7-8-20(6)17-15(5)9-16(12-19-17)11-18-10-14(3)4/h9,12-14,18H,7-8,10-11H2,1-6H3. The first-order valence-corrected chi connectivity index (χ1v) is 7.77. The molecule has 1 aromatic rings. The number of hydrogen-bond acceptors (Lipinski definition) is 3. The van der Waals surface area contributed by atoms with Crippen LogP contribution in [0.15, 0.2) is 12.3 Å². The number of pyridine rings is 1. The molecule has 0 unspecified atom stereocenters. The summed E-state index contributed by atoms with van der Waals surface area (Å²) in [4.78, 5) is 6.90. The first-order chi connectivity index (χ1) is 9.40. The van der Waals surface area contributed by atoms with Crippen LogP contribution in [-0.4, -0.2) is 25.1 Å². The Balaban J connectivity index is 2.58. The van der Waals surface area contributed by atoms with Gasteiger partial charge in [-0.2, -0.15) is 0 Å². The van der Waals surface area contributed by atoms with Gasteiger partial charge in [-0.25, -0.2) is 4.98 Å². The Bertz CT molecular complexity index is 399. The van der Waals surface area contributed by atoms with Gasteiger partial charge >= 0.3 is 0 Å². The van der Waals surface area contributed by atoms with Gasteiger partial charge in [0.15, 0.2) is 0 Å². The van der Waals surface area contributed by atoms with Gasteiger partial charge in [0.05, 0.1) is 0 Å². The summed E-state index contributed by atoms with van der Waals surface area (Å²) in [5, 5.41) is 3.46. The second kappa shape index (κ2) is 8.25. The average Bonchev–Trinajstić information content (AvgIpc) is 2.35. The van der Waals surface area contributed by atoms with Crippen molar-refractivity contribution in [2.45, 2.75) is 47.6 Å². The van der Waals surface area contributed by atoms with E-state index in [9.17, 15) is 0 Å². The summed E-state index contributed by atoms with van der Waals surface area (Å²) in [6.07, 6.45) is 3.21. The van der Waals surface area contributed by atoms with Crippen molar-refractivity contribution in [2.24, 2.45) is 11.8 Å². The van der Waals surface area contributed by atoms with E-state index in [0.29, 0.717) is 5.92 Å². The molecule has 0 spiro atoms. The lowest BCUT2D eigenvalue weighted by Crippen LogP contribution is -2.23. The fraction of sp³-hybridized carbons (Fsp3) is 0.706. The predicted molar refractivity (Wildman–Crippen MR) is 88.2 cm³/mol. The second-order valence-corrected chi connectivity index (χ2v) is 6.61. The van der Waals surface area contributed by atoms with Gasteiger partial charge in [0.2, 0.25) is 0 Å². The minimum absolute atomic E-state index is 0.686. The van der Waals surface area contributed by atoms with Crippen molar-refractivity contribution in [2.75, 3.05) is 25.0 Å². The van der Waals surface area contributed by atoms with Crippen LogP contribution >= 0.6 is 0 Å². The van der Waals surface area contributed by atoms with E-state index in [1.807, 2.05) is 6.20 Å². The number of aromatic nitrogens is 1. The maximum absolute atomic E-state index is 4.64. The summed E-state index contributed by atoms with van der Waals surface area (Å²) in [6, 6.07) is 2.25.